The van der Waals surface area contributed by atoms with Gasteiger partial charge in [0.25, 0.3) is 5.91 Å². The lowest BCUT2D eigenvalue weighted by Crippen LogP contribution is -2.20. The highest BCUT2D eigenvalue weighted by Gasteiger charge is 2.14. The molecule has 10 heteroatoms. The predicted molar refractivity (Wildman–Crippen MR) is 116 cm³/mol. The Bertz CT molecular complexity index is 1450. The summed E-state index contributed by atoms with van der Waals surface area (Å²) in [4.78, 5) is 30.7. The smallest absolute Gasteiger partial charge is 0.439 e. The highest BCUT2D eigenvalue weighted by molar-refractivity contribution is 7.21. The average molecular weight is 438 g/mol. The quantitative estimate of drug-likeness (QED) is 0.426. The van der Waals surface area contributed by atoms with Crippen molar-refractivity contribution in [1.29, 1.82) is 0 Å². The van der Waals surface area contributed by atoms with E-state index in [1.807, 2.05) is 24.4 Å². The van der Waals surface area contributed by atoms with Gasteiger partial charge in [-0.1, -0.05) is 17.3 Å². The Balaban J connectivity index is 1.33. The van der Waals surface area contributed by atoms with Gasteiger partial charge in [-0.2, -0.15) is 0 Å². The molecule has 0 atom stereocenters. The number of H-pyrrole nitrogens is 1. The van der Waals surface area contributed by atoms with Crippen LogP contribution in [-0.2, 0) is 4.79 Å². The van der Waals surface area contributed by atoms with Crippen LogP contribution in [0.5, 0.6) is 5.75 Å². The SMILES string of the molecule is Cc1nc2c(cc(OCC(=O)Nc3cccc(-c4noc(=O)[nH]4)c3)c3ccsc32)s1. The van der Waals surface area contributed by atoms with Crippen LogP contribution in [0, 0.1) is 6.92 Å². The maximum Gasteiger partial charge on any atom is 0.439 e. The number of aromatic amines is 1. The van der Waals surface area contributed by atoms with E-state index >= 15 is 0 Å². The van der Waals surface area contributed by atoms with E-state index < -0.39 is 5.76 Å². The predicted octanol–water partition coefficient (Wildman–Crippen LogP) is 4.18. The molecule has 0 fully saturated rings. The highest BCUT2D eigenvalue weighted by atomic mass is 32.1. The first-order valence-corrected chi connectivity index (χ1v) is 10.6. The fraction of sp³-hybridized carbons (Fsp3) is 0.100. The molecular formula is C20H14N4O4S2. The first kappa shape index (κ1) is 18.5. The van der Waals surface area contributed by atoms with E-state index in [2.05, 4.69) is 25.0 Å². The highest BCUT2D eigenvalue weighted by Crippen LogP contribution is 2.38. The van der Waals surface area contributed by atoms with Crippen LogP contribution in [0.15, 0.2) is 51.1 Å². The molecule has 0 aliphatic rings. The molecule has 0 saturated carbocycles. The van der Waals surface area contributed by atoms with E-state index in [1.165, 1.54) is 0 Å². The molecular weight excluding hydrogens is 424 g/mol. The zero-order valence-electron chi connectivity index (χ0n) is 15.6. The van der Waals surface area contributed by atoms with Gasteiger partial charge >= 0.3 is 5.76 Å². The molecule has 2 aromatic carbocycles. The van der Waals surface area contributed by atoms with E-state index in [1.54, 1.807) is 46.9 Å². The lowest BCUT2D eigenvalue weighted by atomic mass is 10.2. The van der Waals surface area contributed by atoms with E-state index in [9.17, 15) is 9.59 Å². The van der Waals surface area contributed by atoms with Crippen LogP contribution in [0.1, 0.15) is 5.01 Å². The van der Waals surface area contributed by atoms with Gasteiger partial charge in [0.15, 0.2) is 12.4 Å². The molecule has 150 valence electrons. The number of thiophene rings is 1. The van der Waals surface area contributed by atoms with Gasteiger partial charge < -0.3 is 10.1 Å². The Kier molecular flexibility index (Phi) is 4.57. The number of fused-ring (bicyclic) bond motifs is 3. The lowest BCUT2D eigenvalue weighted by molar-refractivity contribution is -0.118. The molecule has 5 aromatic rings. The number of anilines is 1. The molecule has 5 rings (SSSR count). The first-order chi connectivity index (χ1) is 14.6. The van der Waals surface area contributed by atoms with Gasteiger partial charge in [0.1, 0.15) is 5.75 Å². The summed E-state index contributed by atoms with van der Waals surface area (Å²) < 4.78 is 12.5. The Morgan fingerprint density at radius 1 is 1.30 bits per heavy atom. The molecule has 3 heterocycles. The second-order valence-corrected chi connectivity index (χ2v) is 8.63. The van der Waals surface area contributed by atoms with Crippen LogP contribution >= 0.6 is 22.7 Å². The van der Waals surface area contributed by atoms with Crippen molar-refractivity contribution >= 4 is 54.6 Å². The maximum absolute atomic E-state index is 12.4. The molecule has 0 radical (unpaired) electrons. The van der Waals surface area contributed by atoms with Crippen molar-refractivity contribution in [3.05, 3.63) is 57.3 Å². The summed E-state index contributed by atoms with van der Waals surface area (Å²) in [6, 6.07) is 10.8. The molecule has 0 aliphatic heterocycles. The third-order valence-corrected chi connectivity index (χ3v) is 6.23. The minimum atomic E-state index is -0.638. The van der Waals surface area contributed by atoms with E-state index in [-0.39, 0.29) is 12.5 Å². The zero-order valence-corrected chi connectivity index (χ0v) is 17.2. The minimum absolute atomic E-state index is 0.140. The molecule has 2 N–H and O–H groups in total. The van der Waals surface area contributed by atoms with Crippen LogP contribution in [0.25, 0.3) is 31.7 Å². The number of benzene rings is 2. The summed E-state index contributed by atoms with van der Waals surface area (Å²) in [5.74, 6) is 0.0114. The molecule has 0 aliphatic carbocycles. The summed E-state index contributed by atoms with van der Waals surface area (Å²) in [6.45, 7) is 1.83. The van der Waals surface area contributed by atoms with E-state index in [4.69, 9.17) is 4.74 Å². The van der Waals surface area contributed by atoms with Crippen LogP contribution in [0.3, 0.4) is 0 Å². The molecule has 3 aromatic heterocycles. The second-order valence-electron chi connectivity index (χ2n) is 6.48. The number of carbonyl (C=O) groups excluding carboxylic acids is 1. The van der Waals surface area contributed by atoms with Gasteiger partial charge in [-0.3, -0.25) is 14.3 Å². The van der Waals surface area contributed by atoms with E-state index in [0.717, 1.165) is 25.3 Å². The van der Waals surface area contributed by atoms with Crippen molar-refractivity contribution < 1.29 is 14.1 Å². The van der Waals surface area contributed by atoms with Gasteiger partial charge in [-0.05, 0) is 30.5 Å². The number of aryl methyl sites for hydroxylation is 1. The molecule has 1 amide bonds. The fourth-order valence-electron chi connectivity index (χ4n) is 3.15. The van der Waals surface area contributed by atoms with Crippen LogP contribution < -0.4 is 15.8 Å². The number of carbonyl (C=O) groups is 1. The average Bonchev–Trinajstić information content (AvgIpc) is 3.45. The van der Waals surface area contributed by atoms with Crippen molar-refractivity contribution in [1.82, 2.24) is 15.1 Å². The summed E-state index contributed by atoms with van der Waals surface area (Å²) in [7, 11) is 0. The molecule has 0 bridgehead atoms. The summed E-state index contributed by atoms with van der Waals surface area (Å²) in [6.07, 6.45) is 0. The second kappa shape index (κ2) is 7.39. The van der Waals surface area contributed by atoms with Crippen molar-refractivity contribution in [3.63, 3.8) is 0 Å². The number of aromatic nitrogens is 3. The molecule has 0 spiro atoms. The van der Waals surface area contributed by atoms with E-state index in [0.29, 0.717) is 22.8 Å². The Morgan fingerprint density at radius 3 is 3.03 bits per heavy atom. The number of amides is 1. The van der Waals surface area contributed by atoms with Crippen molar-refractivity contribution in [3.8, 4) is 17.1 Å². The Hall–Kier alpha value is -3.50. The number of ether oxygens (including phenoxy) is 1. The van der Waals surface area contributed by atoms with Crippen molar-refractivity contribution in [2.75, 3.05) is 11.9 Å². The lowest BCUT2D eigenvalue weighted by Gasteiger charge is -2.09. The van der Waals surface area contributed by atoms with Crippen LogP contribution in [0.4, 0.5) is 5.69 Å². The topological polar surface area (TPSA) is 110 Å². The Morgan fingerprint density at radius 2 is 2.20 bits per heavy atom. The van der Waals surface area contributed by atoms with Gasteiger partial charge in [0.2, 0.25) is 0 Å². The zero-order chi connectivity index (χ0) is 20.7. The van der Waals surface area contributed by atoms with Crippen LogP contribution in [-0.4, -0.2) is 27.6 Å². The largest absolute Gasteiger partial charge is 0.483 e. The summed E-state index contributed by atoms with van der Waals surface area (Å²) >= 11 is 3.21. The molecule has 0 saturated heterocycles. The van der Waals surface area contributed by atoms with Gasteiger partial charge in [-0.15, -0.1) is 22.7 Å². The number of rotatable bonds is 5. The number of thiazole rings is 1. The van der Waals surface area contributed by atoms with Crippen LogP contribution in [0.2, 0.25) is 0 Å². The van der Waals surface area contributed by atoms with Gasteiger partial charge in [-0.25, -0.2) is 9.78 Å². The van der Waals surface area contributed by atoms with Gasteiger partial charge in [0.05, 0.1) is 19.9 Å². The molecule has 0 unspecified atom stereocenters. The third-order valence-electron chi connectivity index (χ3n) is 4.39. The number of nitrogens with zero attached hydrogens (tertiary/aromatic N) is 2. The first-order valence-electron chi connectivity index (χ1n) is 8.93. The van der Waals surface area contributed by atoms with Crippen molar-refractivity contribution in [2.24, 2.45) is 0 Å². The monoisotopic (exact) mass is 438 g/mol. The minimum Gasteiger partial charge on any atom is -0.483 e. The fourth-order valence-corrected chi connectivity index (χ4v) is 4.98. The number of nitrogens with one attached hydrogen (secondary N) is 2. The molecule has 30 heavy (non-hydrogen) atoms. The third kappa shape index (κ3) is 3.46. The number of hydrogen-bond acceptors (Lipinski definition) is 8. The maximum atomic E-state index is 12.4. The molecule has 8 nitrogen and oxygen atoms in total. The Labute approximate surface area is 177 Å². The van der Waals surface area contributed by atoms with Gasteiger partial charge in [0, 0.05) is 22.7 Å². The normalized spacial score (nSPS) is 11.2. The summed E-state index contributed by atoms with van der Waals surface area (Å²) in [5.41, 5.74) is 2.15. The standard InChI is InChI=1S/C20H14N4O4S2/c1-10-21-17-15(30-10)8-14(13-5-6-29-18(13)17)27-9-16(25)22-12-4-2-3-11(7-12)19-23-20(26)28-24-19/h2-8H,9H2,1H3,(H,22,25)(H,23,24,26). The number of hydrogen-bond donors (Lipinski definition) is 2. The van der Waals surface area contributed by atoms with Crippen molar-refractivity contribution in [2.45, 2.75) is 6.92 Å². The summed E-state index contributed by atoms with van der Waals surface area (Å²) in [5, 5.41) is 10.4.